The van der Waals surface area contributed by atoms with E-state index in [4.69, 9.17) is 0 Å². The summed E-state index contributed by atoms with van der Waals surface area (Å²) in [6, 6.07) is 22.7. The summed E-state index contributed by atoms with van der Waals surface area (Å²) in [6.45, 7) is 6.10. The SMILES string of the molecule is Cc1ccc(S(=O)(=O)N[C@@H](CSc2ccc(C)cc2C)c2ccccc2)cc1. The van der Waals surface area contributed by atoms with Crippen molar-refractivity contribution in [1.82, 2.24) is 4.72 Å². The topological polar surface area (TPSA) is 46.2 Å². The fraction of sp³-hybridized carbons (Fsp3) is 0.217. The Morgan fingerprint density at radius 3 is 2.14 bits per heavy atom. The van der Waals surface area contributed by atoms with E-state index in [0.29, 0.717) is 5.75 Å². The van der Waals surface area contributed by atoms with Crippen LogP contribution in [-0.2, 0) is 10.0 Å². The van der Waals surface area contributed by atoms with Crippen LogP contribution in [0.4, 0.5) is 0 Å². The van der Waals surface area contributed by atoms with Gasteiger partial charge in [0.15, 0.2) is 0 Å². The molecule has 0 fully saturated rings. The lowest BCUT2D eigenvalue weighted by atomic mass is 10.1. The molecule has 28 heavy (non-hydrogen) atoms. The van der Waals surface area contributed by atoms with Gasteiger partial charge < -0.3 is 0 Å². The minimum atomic E-state index is -3.61. The maximum absolute atomic E-state index is 12.9. The Labute approximate surface area is 172 Å². The summed E-state index contributed by atoms with van der Waals surface area (Å²) in [5.41, 5.74) is 4.42. The quantitative estimate of drug-likeness (QED) is 0.528. The Kier molecular flexibility index (Phi) is 6.60. The summed E-state index contributed by atoms with van der Waals surface area (Å²) < 4.78 is 28.8. The van der Waals surface area contributed by atoms with Gasteiger partial charge in [-0.2, -0.15) is 0 Å². The second-order valence-electron chi connectivity index (χ2n) is 6.98. The van der Waals surface area contributed by atoms with Crippen LogP contribution in [0.25, 0.3) is 0 Å². The summed E-state index contributed by atoms with van der Waals surface area (Å²) in [7, 11) is -3.61. The lowest BCUT2D eigenvalue weighted by Crippen LogP contribution is -2.30. The highest BCUT2D eigenvalue weighted by Gasteiger charge is 2.22. The molecule has 1 N–H and O–H groups in total. The molecule has 0 radical (unpaired) electrons. The third kappa shape index (κ3) is 5.25. The lowest BCUT2D eigenvalue weighted by molar-refractivity contribution is 0.568. The molecular weight excluding hydrogens is 386 g/mol. The van der Waals surface area contributed by atoms with Crippen LogP contribution in [0.3, 0.4) is 0 Å². The van der Waals surface area contributed by atoms with Crippen molar-refractivity contribution in [2.75, 3.05) is 5.75 Å². The molecule has 146 valence electrons. The van der Waals surface area contributed by atoms with Crippen molar-refractivity contribution in [3.8, 4) is 0 Å². The average Bonchev–Trinajstić information content (AvgIpc) is 2.67. The van der Waals surface area contributed by atoms with E-state index in [9.17, 15) is 8.42 Å². The van der Waals surface area contributed by atoms with Crippen LogP contribution in [0, 0.1) is 20.8 Å². The number of nitrogens with one attached hydrogen (secondary N) is 1. The summed E-state index contributed by atoms with van der Waals surface area (Å²) in [4.78, 5) is 1.46. The summed E-state index contributed by atoms with van der Waals surface area (Å²) in [6.07, 6.45) is 0. The van der Waals surface area contributed by atoms with Gasteiger partial charge in [0.25, 0.3) is 0 Å². The molecule has 3 aromatic carbocycles. The molecule has 3 nitrogen and oxygen atoms in total. The van der Waals surface area contributed by atoms with Crippen LogP contribution >= 0.6 is 11.8 Å². The number of benzene rings is 3. The third-order valence-corrected chi connectivity index (χ3v) is 7.32. The number of rotatable bonds is 7. The third-order valence-electron chi connectivity index (χ3n) is 4.57. The number of sulfonamides is 1. The first kappa shape index (κ1) is 20.6. The Morgan fingerprint density at radius 2 is 1.50 bits per heavy atom. The number of hydrogen-bond acceptors (Lipinski definition) is 3. The lowest BCUT2D eigenvalue weighted by Gasteiger charge is -2.20. The van der Waals surface area contributed by atoms with Crippen LogP contribution in [0.1, 0.15) is 28.3 Å². The molecule has 0 saturated carbocycles. The van der Waals surface area contributed by atoms with Crippen molar-refractivity contribution >= 4 is 21.8 Å². The van der Waals surface area contributed by atoms with E-state index in [1.807, 2.05) is 49.4 Å². The zero-order valence-corrected chi connectivity index (χ0v) is 18.0. The average molecular weight is 412 g/mol. The van der Waals surface area contributed by atoms with Gasteiger partial charge >= 0.3 is 0 Å². The van der Waals surface area contributed by atoms with Gasteiger partial charge in [-0.15, -0.1) is 11.8 Å². The summed E-state index contributed by atoms with van der Waals surface area (Å²) in [5, 5.41) is 0. The molecule has 0 aromatic heterocycles. The van der Waals surface area contributed by atoms with Gasteiger partial charge in [-0.25, -0.2) is 13.1 Å². The van der Waals surface area contributed by atoms with Crippen LogP contribution in [0.15, 0.2) is 82.6 Å². The molecule has 3 rings (SSSR count). The molecule has 0 amide bonds. The van der Waals surface area contributed by atoms with Crippen LogP contribution in [-0.4, -0.2) is 14.2 Å². The first-order valence-electron chi connectivity index (χ1n) is 9.19. The minimum absolute atomic E-state index is 0.288. The predicted octanol–water partition coefficient (Wildman–Crippen LogP) is 5.42. The van der Waals surface area contributed by atoms with E-state index in [1.54, 1.807) is 23.9 Å². The van der Waals surface area contributed by atoms with Gasteiger partial charge in [-0.1, -0.05) is 65.7 Å². The van der Waals surface area contributed by atoms with Gasteiger partial charge in [0.2, 0.25) is 10.0 Å². The molecule has 3 aromatic rings. The van der Waals surface area contributed by atoms with Gasteiger partial charge in [-0.05, 0) is 50.1 Å². The van der Waals surface area contributed by atoms with Crippen LogP contribution in [0.5, 0.6) is 0 Å². The number of thioether (sulfide) groups is 1. The Hall–Kier alpha value is -2.08. The standard InChI is InChI=1S/C23H25NO2S2/c1-17-9-12-21(13-10-17)28(25,26)24-22(20-7-5-4-6-8-20)16-27-23-14-11-18(2)15-19(23)3/h4-15,22,24H,16H2,1-3H3/t22-/m0/s1. The highest BCUT2D eigenvalue weighted by Crippen LogP contribution is 2.29. The predicted molar refractivity (Wildman–Crippen MR) is 117 cm³/mol. The van der Waals surface area contributed by atoms with Crippen molar-refractivity contribution in [3.05, 3.63) is 95.1 Å². The molecule has 0 heterocycles. The molecule has 0 aliphatic heterocycles. The largest absolute Gasteiger partial charge is 0.241 e. The minimum Gasteiger partial charge on any atom is -0.207 e. The van der Waals surface area contributed by atoms with Crippen LogP contribution < -0.4 is 4.72 Å². The maximum Gasteiger partial charge on any atom is 0.241 e. The smallest absolute Gasteiger partial charge is 0.207 e. The fourth-order valence-corrected chi connectivity index (χ4v) is 5.39. The van der Waals surface area contributed by atoms with E-state index in [2.05, 4.69) is 36.8 Å². The molecule has 0 aliphatic rings. The molecule has 5 heteroatoms. The molecule has 0 unspecified atom stereocenters. The van der Waals surface area contributed by atoms with Gasteiger partial charge in [-0.3, -0.25) is 0 Å². The highest BCUT2D eigenvalue weighted by atomic mass is 32.2. The molecule has 0 bridgehead atoms. The zero-order valence-electron chi connectivity index (χ0n) is 16.3. The first-order chi connectivity index (χ1) is 13.3. The number of hydrogen-bond donors (Lipinski definition) is 1. The summed E-state index contributed by atoms with van der Waals surface area (Å²) in [5.74, 6) is 0.610. The Morgan fingerprint density at radius 1 is 0.857 bits per heavy atom. The Balaban J connectivity index is 1.84. The molecule has 1 atom stereocenters. The number of aryl methyl sites for hydroxylation is 3. The van der Waals surface area contributed by atoms with Crippen molar-refractivity contribution in [3.63, 3.8) is 0 Å². The second kappa shape index (κ2) is 8.95. The van der Waals surface area contributed by atoms with E-state index < -0.39 is 10.0 Å². The second-order valence-corrected chi connectivity index (χ2v) is 9.75. The monoisotopic (exact) mass is 411 g/mol. The molecular formula is C23H25NO2S2. The normalized spacial score (nSPS) is 12.7. The van der Waals surface area contributed by atoms with Crippen LogP contribution in [0.2, 0.25) is 0 Å². The molecule has 0 aliphatic carbocycles. The van der Waals surface area contributed by atoms with Gasteiger partial charge in [0, 0.05) is 10.6 Å². The Bertz CT molecular complexity index is 1030. The zero-order chi connectivity index (χ0) is 20.1. The van der Waals surface area contributed by atoms with Crippen molar-refractivity contribution in [2.45, 2.75) is 36.6 Å². The van der Waals surface area contributed by atoms with Gasteiger partial charge in [0.1, 0.15) is 0 Å². The molecule has 0 saturated heterocycles. The van der Waals surface area contributed by atoms with Crippen molar-refractivity contribution < 1.29 is 8.42 Å². The highest BCUT2D eigenvalue weighted by molar-refractivity contribution is 7.99. The fourth-order valence-electron chi connectivity index (χ4n) is 2.99. The van der Waals surface area contributed by atoms with Crippen molar-refractivity contribution in [1.29, 1.82) is 0 Å². The molecule has 0 spiro atoms. The van der Waals surface area contributed by atoms with Crippen molar-refractivity contribution in [2.24, 2.45) is 0 Å². The van der Waals surface area contributed by atoms with Gasteiger partial charge in [0.05, 0.1) is 10.9 Å². The van der Waals surface area contributed by atoms with E-state index in [1.165, 1.54) is 16.0 Å². The maximum atomic E-state index is 12.9. The van der Waals surface area contributed by atoms with E-state index in [-0.39, 0.29) is 10.9 Å². The van der Waals surface area contributed by atoms with E-state index in [0.717, 1.165) is 11.1 Å². The first-order valence-corrected chi connectivity index (χ1v) is 11.7. The van der Waals surface area contributed by atoms with E-state index >= 15 is 0 Å². The summed E-state index contributed by atoms with van der Waals surface area (Å²) >= 11 is 1.67.